The highest BCUT2D eigenvalue weighted by Gasteiger charge is 2.52. The number of rotatable bonds is 8. The summed E-state index contributed by atoms with van der Waals surface area (Å²) in [5.41, 5.74) is 6.93. The van der Waals surface area contributed by atoms with Gasteiger partial charge in [-0.15, -0.1) is 0 Å². The van der Waals surface area contributed by atoms with Crippen LogP contribution in [-0.2, 0) is 10.2 Å². The smallest absolute Gasteiger partial charge is 0.314 e. The predicted octanol–water partition coefficient (Wildman–Crippen LogP) is 7.25. The van der Waals surface area contributed by atoms with Crippen molar-refractivity contribution < 1.29 is 19.2 Å². The minimum Gasteiger partial charge on any atom is -0.481 e. The summed E-state index contributed by atoms with van der Waals surface area (Å²) in [7, 11) is 1.59. The van der Waals surface area contributed by atoms with Crippen LogP contribution >= 0.6 is 0 Å². The van der Waals surface area contributed by atoms with E-state index in [-0.39, 0.29) is 0 Å². The number of benzene rings is 3. The number of hydrogen-bond donors (Lipinski definition) is 2. The van der Waals surface area contributed by atoms with E-state index in [0.717, 1.165) is 44.8 Å². The molecule has 1 aliphatic carbocycles. The van der Waals surface area contributed by atoms with Crippen molar-refractivity contribution in [2.24, 2.45) is 0 Å². The fourth-order valence-electron chi connectivity index (χ4n) is 4.94. The highest BCUT2D eigenvalue weighted by atomic mass is 16.5. The fourth-order valence-corrected chi connectivity index (χ4v) is 4.94. The number of carbonyl (C=O) groups is 1. The van der Waals surface area contributed by atoms with Crippen molar-refractivity contribution >= 4 is 17.3 Å². The summed E-state index contributed by atoms with van der Waals surface area (Å²) in [5.74, 6) is 0.328. The van der Waals surface area contributed by atoms with E-state index in [0.29, 0.717) is 30.2 Å². The maximum Gasteiger partial charge on any atom is 0.314 e. The second-order valence-electron chi connectivity index (χ2n) is 9.78. The Balaban J connectivity index is 1.42. The second kappa shape index (κ2) is 9.76. The molecule has 0 amide bonds. The fraction of sp³-hybridized carbons (Fsp3) is 0.156. The first-order valence-corrected chi connectivity index (χ1v) is 12.8. The lowest BCUT2D eigenvalue weighted by Crippen LogP contribution is -2.19. The van der Waals surface area contributed by atoms with Crippen molar-refractivity contribution in [1.29, 1.82) is 0 Å². The first kappa shape index (κ1) is 24.4. The molecule has 2 N–H and O–H groups in total. The summed E-state index contributed by atoms with van der Waals surface area (Å²) in [6.07, 6.45) is 3.03. The van der Waals surface area contributed by atoms with Gasteiger partial charge >= 0.3 is 5.97 Å². The van der Waals surface area contributed by atoms with Gasteiger partial charge in [-0.25, -0.2) is 4.98 Å². The van der Waals surface area contributed by atoms with Gasteiger partial charge in [0.15, 0.2) is 5.76 Å². The Morgan fingerprint density at radius 2 is 1.72 bits per heavy atom. The lowest BCUT2D eigenvalue weighted by molar-refractivity contribution is -0.140. The summed E-state index contributed by atoms with van der Waals surface area (Å²) >= 11 is 0. The molecule has 2 heterocycles. The molecule has 0 radical (unpaired) electrons. The molecule has 0 spiro atoms. The third-order valence-corrected chi connectivity index (χ3v) is 7.33. The van der Waals surface area contributed by atoms with Crippen molar-refractivity contribution in [2.75, 3.05) is 12.4 Å². The SMILES string of the molecule is COc1ccc(-c2cccc(Nc3c(C)noc3-c3cc(C4(C(=O)O)CC4)ccc3-c3ccccc3)c2)cn1. The minimum absolute atomic E-state index is 0.560. The largest absolute Gasteiger partial charge is 0.481 e. The summed E-state index contributed by atoms with van der Waals surface area (Å²) in [4.78, 5) is 16.4. The van der Waals surface area contributed by atoms with Gasteiger partial charge in [0, 0.05) is 29.1 Å². The van der Waals surface area contributed by atoms with Crippen molar-refractivity contribution in [2.45, 2.75) is 25.2 Å². The van der Waals surface area contributed by atoms with Crippen LogP contribution in [0, 0.1) is 6.92 Å². The van der Waals surface area contributed by atoms with E-state index in [2.05, 4.69) is 15.5 Å². The molecule has 2 aromatic heterocycles. The highest BCUT2D eigenvalue weighted by Crippen LogP contribution is 2.50. The van der Waals surface area contributed by atoms with Crippen LogP contribution in [0.3, 0.4) is 0 Å². The Bertz CT molecular complexity index is 1660. The Kier molecular flexibility index (Phi) is 6.11. The van der Waals surface area contributed by atoms with E-state index in [9.17, 15) is 9.90 Å². The molecule has 0 unspecified atom stereocenters. The molecule has 7 heteroatoms. The number of hydrogen-bond acceptors (Lipinski definition) is 6. The number of nitrogens with zero attached hydrogens (tertiary/aromatic N) is 2. The van der Waals surface area contributed by atoms with Gasteiger partial charge in [-0.1, -0.05) is 59.8 Å². The van der Waals surface area contributed by atoms with Gasteiger partial charge in [0.25, 0.3) is 0 Å². The van der Waals surface area contributed by atoms with Gasteiger partial charge in [-0.3, -0.25) is 4.79 Å². The first-order chi connectivity index (χ1) is 19.0. The van der Waals surface area contributed by atoms with Crippen molar-refractivity contribution in [3.63, 3.8) is 0 Å². The summed E-state index contributed by atoms with van der Waals surface area (Å²) in [5, 5.41) is 17.7. The van der Waals surface area contributed by atoms with Gasteiger partial charge in [0.05, 0.1) is 12.5 Å². The molecule has 0 bridgehead atoms. The Labute approximate surface area is 226 Å². The lowest BCUT2D eigenvalue weighted by atomic mass is 9.89. The second-order valence-corrected chi connectivity index (χ2v) is 9.78. The van der Waals surface area contributed by atoms with E-state index in [1.54, 1.807) is 13.3 Å². The zero-order chi connectivity index (χ0) is 27.0. The maximum atomic E-state index is 12.1. The molecular weight excluding hydrogens is 490 g/mol. The van der Waals surface area contributed by atoms with Gasteiger partial charge in [-0.2, -0.15) is 0 Å². The van der Waals surface area contributed by atoms with Crippen LogP contribution in [0.5, 0.6) is 5.88 Å². The van der Waals surface area contributed by atoms with Crippen LogP contribution in [0.2, 0.25) is 0 Å². The summed E-state index contributed by atoms with van der Waals surface area (Å²) in [6, 6.07) is 27.7. The number of aryl methyl sites for hydroxylation is 1. The molecule has 6 rings (SSSR count). The number of ether oxygens (including phenoxy) is 1. The molecule has 1 saturated carbocycles. The molecule has 7 nitrogen and oxygen atoms in total. The molecule has 0 aliphatic heterocycles. The Morgan fingerprint density at radius 3 is 2.41 bits per heavy atom. The third kappa shape index (κ3) is 4.52. The van der Waals surface area contributed by atoms with Gasteiger partial charge in [0.1, 0.15) is 11.4 Å². The number of carboxylic acid groups (broad SMARTS) is 1. The maximum absolute atomic E-state index is 12.1. The van der Waals surface area contributed by atoms with Crippen molar-refractivity contribution in [3.8, 4) is 39.5 Å². The monoisotopic (exact) mass is 517 g/mol. The van der Waals surface area contributed by atoms with Gasteiger partial charge < -0.3 is 19.7 Å². The molecule has 0 atom stereocenters. The van der Waals surface area contributed by atoms with Gasteiger partial charge in [-0.05, 0) is 66.3 Å². The number of nitrogens with one attached hydrogen (secondary N) is 1. The summed E-state index contributed by atoms with van der Waals surface area (Å²) in [6.45, 7) is 1.89. The lowest BCUT2D eigenvalue weighted by Gasteiger charge is -2.16. The molecule has 0 saturated heterocycles. The standard InChI is InChI=1S/C32H27N3O4/c1-20-29(34-25-10-6-9-22(17-25)23-11-14-28(38-2)33-19-23)30(39-35-20)27-18-24(32(15-16-32)31(36)37)12-13-26(27)21-7-4-3-5-8-21/h3-14,17-19,34H,15-16H2,1-2H3,(H,36,37). The van der Waals surface area contributed by atoms with Crippen LogP contribution in [0.25, 0.3) is 33.6 Å². The molecule has 39 heavy (non-hydrogen) atoms. The van der Waals surface area contributed by atoms with Crippen LogP contribution < -0.4 is 10.1 Å². The molecule has 3 aromatic carbocycles. The number of aromatic nitrogens is 2. The number of pyridine rings is 1. The average molecular weight is 518 g/mol. The number of carboxylic acids is 1. The zero-order valence-corrected chi connectivity index (χ0v) is 21.6. The predicted molar refractivity (Wildman–Crippen MR) is 150 cm³/mol. The van der Waals surface area contributed by atoms with Crippen LogP contribution in [0.1, 0.15) is 24.1 Å². The normalized spacial score (nSPS) is 13.6. The summed E-state index contributed by atoms with van der Waals surface area (Å²) < 4.78 is 11.1. The highest BCUT2D eigenvalue weighted by molar-refractivity contribution is 5.91. The van der Waals surface area contributed by atoms with E-state index in [4.69, 9.17) is 9.26 Å². The van der Waals surface area contributed by atoms with E-state index in [1.807, 2.05) is 91.9 Å². The molecule has 1 aliphatic rings. The van der Waals surface area contributed by atoms with Crippen molar-refractivity contribution in [1.82, 2.24) is 10.1 Å². The molecule has 194 valence electrons. The van der Waals surface area contributed by atoms with Crippen LogP contribution in [0.15, 0.2) is 95.6 Å². The quantitative estimate of drug-likeness (QED) is 0.224. The number of methoxy groups -OCH3 is 1. The van der Waals surface area contributed by atoms with E-state index in [1.165, 1.54) is 0 Å². The average Bonchev–Trinajstić information content (AvgIpc) is 3.72. The van der Waals surface area contributed by atoms with E-state index < -0.39 is 11.4 Å². The Hall–Kier alpha value is -4.91. The molecular formula is C32H27N3O4. The zero-order valence-electron chi connectivity index (χ0n) is 21.6. The topological polar surface area (TPSA) is 97.5 Å². The molecule has 5 aromatic rings. The van der Waals surface area contributed by atoms with Crippen LogP contribution in [0.4, 0.5) is 11.4 Å². The van der Waals surface area contributed by atoms with Crippen molar-refractivity contribution in [3.05, 3.63) is 102 Å². The molecule has 1 fully saturated rings. The van der Waals surface area contributed by atoms with Crippen LogP contribution in [-0.4, -0.2) is 28.3 Å². The Morgan fingerprint density at radius 1 is 0.923 bits per heavy atom. The minimum atomic E-state index is -0.840. The number of anilines is 2. The number of aliphatic carboxylic acids is 1. The van der Waals surface area contributed by atoms with Gasteiger partial charge in [0.2, 0.25) is 5.88 Å². The first-order valence-electron chi connectivity index (χ1n) is 12.8. The third-order valence-electron chi connectivity index (χ3n) is 7.33. The van der Waals surface area contributed by atoms with E-state index >= 15 is 0 Å².